The second-order valence-electron chi connectivity index (χ2n) is 8.10. The molecule has 0 aliphatic heterocycles. The van der Waals surface area contributed by atoms with E-state index in [1.165, 1.54) is 0 Å². The largest absolute Gasteiger partial charge is 0.385 e. The van der Waals surface area contributed by atoms with E-state index in [1.807, 2.05) is 78.9 Å². The number of rotatable bonds is 9. The van der Waals surface area contributed by atoms with Gasteiger partial charge in [0.25, 0.3) is 0 Å². The highest BCUT2D eigenvalue weighted by Crippen LogP contribution is 2.46. The van der Waals surface area contributed by atoms with Gasteiger partial charge < -0.3 is 14.6 Å². The van der Waals surface area contributed by atoms with E-state index in [9.17, 15) is 5.11 Å². The lowest BCUT2D eigenvalue weighted by molar-refractivity contribution is -0.231. The minimum absolute atomic E-state index is 0.00164. The zero-order chi connectivity index (χ0) is 21.6. The molecule has 2 aromatic carbocycles. The van der Waals surface area contributed by atoms with Gasteiger partial charge in [0.2, 0.25) is 0 Å². The van der Waals surface area contributed by atoms with E-state index in [0.29, 0.717) is 13.2 Å². The summed E-state index contributed by atoms with van der Waals surface area (Å²) in [6.45, 7) is 14.7. The minimum atomic E-state index is -1.24. The van der Waals surface area contributed by atoms with Crippen molar-refractivity contribution in [2.45, 2.75) is 37.9 Å². The highest BCUT2D eigenvalue weighted by Gasteiger charge is 2.55. The Balaban J connectivity index is 1.88. The lowest BCUT2D eigenvalue weighted by Crippen LogP contribution is -2.63. The summed E-state index contributed by atoms with van der Waals surface area (Å²) < 4.78 is 12.6. The highest BCUT2D eigenvalue weighted by atomic mass is 16.5. The number of allylic oxidation sites excluding steroid dienone is 1. The van der Waals surface area contributed by atoms with Crippen LogP contribution in [0.5, 0.6) is 0 Å². The molecule has 1 aliphatic rings. The molecule has 30 heavy (non-hydrogen) atoms. The van der Waals surface area contributed by atoms with Crippen molar-refractivity contribution in [2.24, 2.45) is 17.8 Å². The zero-order valence-corrected chi connectivity index (χ0v) is 17.7. The first-order valence-corrected chi connectivity index (χ1v) is 10.4. The molecule has 0 bridgehead atoms. The van der Waals surface area contributed by atoms with Gasteiger partial charge in [-0.1, -0.05) is 78.9 Å². The van der Waals surface area contributed by atoms with Crippen molar-refractivity contribution < 1.29 is 14.6 Å². The average Bonchev–Trinajstić information content (AvgIpc) is 2.77. The number of hydrogen-bond donors (Lipinski definition) is 1. The quantitative estimate of drug-likeness (QED) is 0.574. The summed E-state index contributed by atoms with van der Waals surface area (Å²) in [6.07, 6.45) is 4.65. The fourth-order valence-corrected chi connectivity index (χ4v) is 4.56. The van der Waals surface area contributed by atoms with Crippen molar-refractivity contribution in [1.29, 1.82) is 0 Å². The van der Waals surface area contributed by atoms with E-state index in [-0.39, 0.29) is 17.8 Å². The second-order valence-corrected chi connectivity index (χ2v) is 8.10. The summed E-state index contributed by atoms with van der Waals surface area (Å²) >= 11 is 0. The molecule has 3 nitrogen and oxygen atoms in total. The van der Waals surface area contributed by atoms with Gasteiger partial charge in [0.15, 0.2) is 0 Å². The molecule has 2 aromatic rings. The van der Waals surface area contributed by atoms with Crippen LogP contribution < -0.4 is 0 Å². The number of ether oxygens (including phenoxy) is 2. The summed E-state index contributed by atoms with van der Waals surface area (Å²) in [7, 11) is 0. The standard InChI is InChI=1S/C27H32O3/c1-5-22-23(6-2)25(29-18-20-14-10-8-11-15-20)27(4,28)26(24(22)7-3)30-19-21-16-12-9-13-17-21/h5-17,22-26,28H,1-3,18-19H2,4H3. The van der Waals surface area contributed by atoms with Crippen LogP contribution in [-0.4, -0.2) is 22.9 Å². The predicted octanol–water partition coefficient (Wildman–Crippen LogP) is 5.33. The molecule has 1 N–H and O–H groups in total. The molecule has 0 heterocycles. The molecular weight excluding hydrogens is 372 g/mol. The predicted molar refractivity (Wildman–Crippen MR) is 122 cm³/mol. The Morgan fingerprint density at radius 1 is 0.733 bits per heavy atom. The van der Waals surface area contributed by atoms with E-state index in [4.69, 9.17) is 9.47 Å². The number of hydrogen-bond acceptors (Lipinski definition) is 3. The third-order valence-corrected chi connectivity index (χ3v) is 6.10. The third kappa shape index (κ3) is 4.65. The normalized spacial score (nSPS) is 31.1. The highest BCUT2D eigenvalue weighted by molar-refractivity contribution is 5.19. The molecule has 3 heteroatoms. The zero-order valence-electron chi connectivity index (χ0n) is 17.7. The van der Waals surface area contributed by atoms with E-state index < -0.39 is 17.8 Å². The van der Waals surface area contributed by atoms with Gasteiger partial charge in [-0.3, -0.25) is 0 Å². The summed E-state index contributed by atoms with van der Waals surface area (Å²) in [5, 5.41) is 11.7. The molecule has 4 atom stereocenters. The van der Waals surface area contributed by atoms with Crippen molar-refractivity contribution in [1.82, 2.24) is 0 Å². The van der Waals surface area contributed by atoms with Gasteiger partial charge >= 0.3 is 0 Å². The molecule has 0 amide bonds. The van der Waals surface area contributed by atoms with Crippen LogP contribution in [0.2, 0.25) is 0 Å². The molecule has 0 saturated heterocycles. The van der Waals surface area contributed by atoms with Crippen molar-refractivity contribution >= 4 is 0 Å². The Labute approximate surface area is 180 Å². The number of aliphatic hydroxyl groups is 1. The maximum atomic E-state index is 11.7. The summed E-state index contributed by atoms with van der Waals surface area (Å²) in [6, 6.07) is 19.9. The van der Waals surface area contributed by atoms with Gasteiger partial charge in [-0.25, -0.2) is 0 Å². The van der Waals surface area contributed by atoms with E-state index in [2.05, 4.69) is 19.7 Å². The van der Waals surface area contributed by atoms with Crippen LogP contribution in [0.25, 0.3) is 0 Å². The van der Waals surface area contributed by atoms with Gasteiger partial charge in [-0.15, -0.1) is 19.7 Å². The molecule has 1 fully saturated rings. The molecule has 3 rings (SSSR count). The Morgan fingerprint density at radius 2 is 1.10 bits per heavy atom. The first kappa shape index (κ1) is 22.2. The topological polar surface area (TPSA) is 38.7 Å². The SMILES string of the molecule is C=CC1C(C=C)C(OCc2ccccc2)C(C)(O)C(OCc2ccccc2)C1C=C. The van der Waals surface area contributed by atoms with Crippen LogP contribution in [0.1, 0.15) is 18.1 Å². The lowest BCUT2D eigenvalue weighted by atomic mass is 9.62. The van der Waals surface area contributed by atoms with Gasteiger partial charge in [-0.2, -0.15) is 0 Å². The molecule has 158 valence electrons. The average molecular weight is 405 g/mol. The molecule has 1 aliphatic carbocycles. The third-order valence-electron chi connectivity index (χ3n) is 6.10. The lowest BCUT2D eigenvalue weighted by Gasteiger charge is -2.52. The second kappa shape index (κ2) is 10.0. The first-order valence-electron chi connectivity index (χ1n) is 10.4. The minimum Gasteiger partial charge on any atom is -0.385 e. The molecular formula is C27H32O3. The van der Waals surface area contributed by atoms with E-state index >= 15 is 0 Å². The molecule has 1 saturated carbocycles. The van der Waals surface area contributed by atoms with Crippen molar-refractivity contribution in [3.05, 3.63) is 110 Å². The van der Waals surface area contributed by atoms with Gasteiger partial charge in [0, 0.05) is 11.8 Å². The van der Waals surface area contributed by atoms with Crippen LogP contribution in [0.15, 0.2) is 98.6 Å². The summed E-state index contributed by atoms with van der Waals surface area (Å²) in [5.41, 5.74) is 0.874. The van der Waals surface area contributed by atoms with Gasteiger partial charge in [-0.05, 0) is 24.0 Å². The van der Waals surface area contributed by atoms with Crippen LogP contribution in [0.3, 0.4) is 0 Å². The smallest absolute Gasteiger partial charge is 0.115 e. The maximum Gasteiger partial charge on any atom is 0.115 e. The molecule has 0 spiro atoms. The van der Waals surface area contributed by atoms with Crippen LogP contribution in [0.4, 0.5) is 0 Å². The summed E-state index contributed by atoms with van der Waals surface area (Å²) in [5.74, 6) is -0.219. The van der Waals surface area contributed by atoms with Crippen molar-refractivity contribution in [2.75, 3.05) is 0 Å². The van der Waals surface area contributed by atoms with Crippen molar-refractivity contribution in [3.8, 4) is 0 Å². The van der Waals surface area contributed by atoms with Crippen molar-refractivity contribution in [3.63, 3.8) is 0 Å². The molecule has 0 aromatic heterocycles. The van der Waals surface area contributed by atoms with E-state index in [1.54, 1.807) is 6.92 Å². The Kier molecular flexibility index (Phi) is 7.43. The van der Waals surface area contributed by atoms with Gasteiger partial charge in [0.1, 0.15) is 5.60 Å². The summed E-state index contributed by atoms with van der Waals surface area (Å²) in [4.78, 5) is 0. The monoisotopic (exact) mass is 404 g/mol. The Hall–Kier alpha value is -2.46. The molecule has 0 radical (unpaired) electrons. The van der Waals surface area contributed by atoms with Crippen LogP contribution in [0, 0.1) is 17.8 Å². The van der Waals surface area contributed by atoms with E-state index in [0.717, 1.165) is 11.1 Å². The van der Waals surface area contributed by atoms with Crippen LogP contribution in [-0.2, 0) is 22.7 Å². The maximum absolute atomic E-state index is 11.7. The fraction of sp³-hybridized carbons (Fsp3) is 0.333. The Morgan fingerprint density at radius 3 is 1.43 bits per heavy atom. The first-order chi connectivity index (χ1) is 14.5. The number of benzene rings is 2. The van der Waals surface area contributed by atoms with Gasteiger partial charge in [0.05, 0.1) is 25.4 Å². The Bertz CT molecular complexity index is 762. The molecule has 4 unspecified atom stereocenters. The van der Waals surface area contributed by atoms with Crippen LogP contribution >= 0.6 is 0 Å². The fourth-order valence-electron chi connectivity index (χ4n) is 4.56.